The van der Waals surface area contributed by atoms with Gasteiger partial charge in [0, 0.05) is 6.04 Å². The smallest absolute Gasteiger partial charge is 0.258 e. The van der Waals surface area contributed by atoms with Crippen molar-refractivity contribution >= 4 is 5.91 Å². The summed E-state index contributed by atoms with van der Waals surface area (Å²) in [6.07, 6.45) is 4.56. The third-order valence-corrected chi connectivity index (χ3v) is 5.23. The first-order valence-corrected chi connectivity index (χ1v) is 9.28. The van der Waals surface area contributed by atoms with E-state index in [1.54, 1.807) is 0 Å². The van der Waals surface area contributed by atoms with Crippen LogP contribution >= 0.6 is 0 Å². The van der Waals surface area contributed by atoms with E-state index < -0.39 is 0 Å². The lowest BCUT2D eigenvalue weighted by Crippen LogP contribution is -2.41. The van der Waals surface area contributed by atoms with Gasteiger partial charge < -0.3 is 10.1 Å². The van der Waals surface area contributed by atoms with Gasteiger partial charge in [-0.15, -0.1) is 0 Å². The Morgan fingerprint density at radius 1 is 1.12 bits per heavy atom. The van der Waals surface area contributed by atoms with Gasteiger partial charge in [0.15, 0.2) is 6.61 Å². The first-order valence-electron chi connectivity index (χ1n) is 9.28. The molecular formula is C21H33NO2. The summed E-state index contributed by atoms with van der Waals surface area (Å²) in [5.74, 6) is 2.01. The molecule has 0 saturated heterocycles. The van der Waals surface area contributed by atoms with Crippen LogP contribution in [0.3, 0.4) is 0 Å². The van der Waals surface area contributed by atoms with Crippen molar-refractivity contribution in [3.8, 4) is 5.75 Å². The van der Waals surface area contributed by atoms with Crippen LogP contribution in [0.1, 0.15) is 71.8 Å². The summed E-state index contributed by atoms with van der Waals surface area (Å²) in [5.41, 5.74) is 1.66. The van der Waals surface area contributed by atoms with Gasteiger partial charge in [-0.05, 0) is 60.6 Å². The SMILES string of the molecule is CC(C)c1ccc(OCC(=O)NC2CCC(C(C)(C)C)CC2)cc1. The maximum Gasteiger partial charge on any atom is 0.258 e. The van der Waals surface area contributed by atoms with Crippen LogP contribution in [0.4, 0.5) is 0 Å². The normalized spacial score (nSPS) is 21.6. The molecule has 0 atom stereocenters. The molecule has 1 aromatic carbocycles. The summed E-state index contributed by atoms with van der Waals surface area (Å²) in [4.78, 5) is 12.1. The summed E-state index contributed by atoms with van der Waals surface area (Å²) in [6.45, 7) is 11.4. The van der Waals surface area contributed by atoms with E-state index in [0.29, 0.717) is 17.4 Å². The highest BCUT2D eigenvalue weighted by molar-refractivity contribution is 5.77. The predicted octanol–water partition coefficient (Wildman–Crippen LogP) is 4.91. The van der Waals surface area contributed by atoms with Crippen molar-refractivity contribution in [2.24, 2.45) is 11.3 Å². The molecule has 0 heterocycles. The van der Waals surface area contributed by atoms with Gasteiger partial charge in [-0.1, -0.05) is 46.8 Å². The largest absolute Gasteiger partial charge is 0.484 e. The summed E-state index contributed by atoms with van der Waals surface area (Å²) >= 11 is 0. The molecule has 1 aromatic rings. The first kappa shape index (κ1) is 18.8. The van der Waals surface area contributed by atoms with Gasteiger partial charge in [0.2, 0.25) is 0 Å². The Balaban J connectivity index is 1.72. The molecule has 1 saturated carbocycles. The van der Waals surface area contributed by atoms with Crippen molar-refractivity contribution in [3.05, 3.63) is 29.8 Å². The van der Waals surface area contributed by atoms with Gasteiger partial charge in [0.25, 0.3) is 5.91 Å². The highest BCUT2D eigenvalue weighted by atomic mass is 16.5. The molecule has 24 heavy (non-hydrogen) atoms. The van der Waals surface area contributed by atoms with E-state index in [4.69, 9.17) is 4.74 Å². The average Bonchev–Trinajstić information content (AvgIpc) is 2.53. The first-order chi connectivity index (χ1) is 11.3. The summed E-state index contributed by atoms with van der Waals surface area (Å²) in [7, 11) is 0. The van der Waals surface area contributed by atoms with E-state index in [9.17, 15) is 4.79 Å². The van der Waals surface area contributed by atoms with Crippen LogP contribution in [0.2, 0.25) is 0 Å². The molecule has 0 aromatic heterocycles. The van der Waals surface area contributed by atoms with Crippen molar-refractivity contribution in [3.63, 3.8) is 0 Å². The average molecular weight is 332 g/mol. The van der Waals surface area contributed by atoms with E-state index in [2.05, 4.69) is 52.1 Å². The Hall–Kier alpha value is -1.51. The second-order valence-electron chi connectivity index (χ2n) is 8.49. The van der Waals surface area contributed by atoms with Crippen LogP contribution < -0.4 is 10.1 Å². The van der Waals surface area contributed by atoms with Gasteiger partial charge in [-0.3, -0.25) is 4.79 Å². The van der Waals surface area contributed by atoms with Crippen LogP contribution in [0, 0.1) is 11.3 Å². The summed E-state index contributed by atoms with van der Waals surface area (Å²) in [5, 5.41) is 3.13. The maximum absolute atomic E-state index is 12.1. The number of benzene rings is 1. The maximum atomic E-state index is 12.1. The fourth-order valence-corrected chi connectivity index (χ4v) is 3.47. The standard InChI is InChI=1S/C21H33NO2/c1-15(2)16-6-12-19(13-7-16)24-14-20(23)22-18-10-8-17(9-11-18)21(3,4)5/h6-7,12-13,15,17-18H,8-11,14H2,1-5H3,(H,22,23). The van der Waals surface area contributed by atoms with E-state index in [1.165, 1.54) is 18.4 Å². The second kappa shape index (κ2) is 8.04. The second-order valence-corrected chi connectivity index (χ2v) is 8.49. The molecule has 2 rings (SSSR count). The number of amides is 1. The van der Waals surface area contributed by atoms with E-state index in [0.717, 1.165) is 24.5 Å². The molecule has 0 spiro atoms. The van der Waals surface area contributed by atoms with Crippen molar-refractivity contribution < 1.29 is 9.53 Å². The Bertz CT molecular complexity index is 520. The highest BCUT2D eigenvalue weighted by Gasteiger charge is 2.30. The van der Waals surface area contributed by atoms with Crippen molar-refractivity contribution in [1.29, 1.82) is 0 Å². The zero-order valence-electron chi connectivity index (χ0n) is 15.9. The lowest BCUT2D eigenvalue weighted by atomic mass is 9.71. The minimum absolute atomic E-state index is 0.0119. The number of hydrogen-bond donors (Lipinski definition) is 1. The van der Waals surface area contributed by atoms with Gasteiger partial charge in [0.1, 0.15) is 5.75 Å². The third-order valence-electron chi connectivity index (χ3n) is 5.23. The van der Waals surface area contributed by atoms with Crippen molar-refractivity contribution in [2.45, 2.75) is 72.3 Å². The lowest BCUT2D eigenvalue weighted by Gasteiger charge is -2.37. The summed E-state index contributed by atoms with van der Waals surface area (Å²) < 4.78 is 5.61. The molecule has 3 nitrogen and oxygen atoms in total. The number of hydrogen-bond acceptors (Lipinski definition) is 2. The molecule has 1 aliphatic rings. The number of ether oxygens (including phenoxy) is 1. The summed E-state index contributed by atoms with van der Waals surface area (Å²) in [6, 6.07) is 8.31. The lowest BCUT2D eigenvalue weighted by molar-refractivity contribution is -0.124. The molecule has 1 fully saturated rings. The van der Waals surface area contributed by atoms with Gasteiger partial charge in [-0.2, -0.15) is 0 Å². The van der Waals surface area contributed by atoms with E-state index in [1.807, 2.05) is 12.1 Å². The number of carbonyl (C=O) groups is 1. The van der Waals surface area contributed by atoms with E-state index in [-0.39, 0.29) is 12.5 Å². The molecule has 0 bridgehead atoms. The molecule has 1 aliphatic carbocycles. The molecular weight excluding hydrogens is 298 g/mol. The van der Waals surface area contributed by atoms with Gasteiger partial charge in [-0.25, -0.2) is 0 Å². The molecule has 0 unspecified atom stereocenters. The topological polar surface area (TPSA) is 38.3 Å². The molecule has 134 valence electrons. The number of carbonyl (C=O) groups excluding carboxylic acids is 1. The van der Waals surface area contributed by atoms with Crippen LogP contribution in [0.15, 0.2) is 24.3 Å². The van der Waals surface area contributed by atoms with Crippen molar-refractivity contribution in [2.75, 3.05) is 6.61 Å². The van der Waals surface area contributed by atoms with Gasteiger partial charge in [0.05, 0.1) is 0 Å². The number of rotatable bonds is 5. The van der Waals surface area contributed by atoms with Crippen molar-refractivity contribution in [1.82, 2.24) is 5.32 Å². The zero-order chi connectivity index (χ0) is 17.7. The Labute approximate surface area is 147 Å². The molecule has 1 amide bonds. The molecule has 0 aliphatic heterocycles. The highest BCUT2D eigenvalue weighted by Crippen LogP contribution is 2.37. The minimum Gasteiger partial charge on any atom is -0.484 e. The Morgan fingerprint density at radius 2 is 1.71 bits per heavy atom. The fraction of sp³-hybridized carbons (Fsp3) is 0.667. The fourth-order valence-electron chi connectivity index (χ4n) is 3.47. The molecule has 0 radical (unpaired) electrons. The van der Waals surface area contributed by atoms with Crippen LogP contribution in [-0.4, -0.2) is 18.6 Å². The molecule has 1 N–H and O–H groups in total. The predicted molar refractivity (Wildman–Crippen MR) is 99.4 cm³/mol. The Kier molecular flexibility index (Phi) is 6.31. The van der Waals surface area contributed by atoms with Crippen LogP contribution in [-0.2, 0) is 4.79 Å². The quantitative estimate of drug-likeness (QED) is 0.832. The van der Waals surface area contributed by atoms with Gasteiger partial charge >= 0.3 is 0 Å². The Morgan fingerprint density at radius 3 is 2.21 bits per heavy atom. The monoisotopic (exact) mass is 331 g/mol. The molecule has 3 heteroatoms. The van der Waals surface area contributed by atoms with Crippen LogP contribution in [0.25, 0.3) is 0 Å². The van der Waals surface area contributed by atoms with Crippen LogP contribution in [0.5, 0.6) is 5.75 Å². The third kappa shape index (κ3) is 5.54. The zero-order valence-corrected chi connectivity index (χ0v) is 15.9. The number of nitrogens with one attached hydrogen (secondary N) is 1. The van der Waals surface area contributed by atoms with E-state index >= 15 is 0 Å². The minimum atomic E-state index is -0.0119.